The second-order valence-electron chi connectivity index (χ2n) is 7.95. The van der Waals surface area contributed by atoms with Gasteiger partial charge in [0.25, 0.3) is 0 Å². The zero-order chi connectivity index (χ0) is 19.7. The van der Waals surface area contributed by atoms with Gasteiger partial charge in [0.15, 0.2) is 10.2 Å². The van der Waals surface area contributed by atoms with Crippen LogP contribution in [-0.2, 0) is 0 Å². The molecule has 0 aromatic carbocycles. The summed E-state index contributed by atoms with van der Waals surface area (Å²) in [7, 11) is 0. The molecule has 0 fully saturated rings. The molecule has 0 saturated heterocycles. The van der Waals surface area contributed by atoms with Crippen LogP contribution >= 0.6 is 24.4 Å². The van der Waals surface area contributed by atoms with Gasteiger partial charge in [-0.2, -0.15) is 0 Å². The van der Waals surface area contributed by atoms with E-state index in [1.54, 1.807) is 0 Å². The SMILES string of the molecule is CCC(C)(C)CC(O)NC(=S)NCNC(=S)NC(O)CC(C)(C)CC. The fraction of sp³-hybridized carbons (Fsp3) is 0.882. The lowest BCUT2D eigenvalue weighted by Gasteiger charge is -2.27. The van der Waals surface area contributed by atoms with Gasteiger partial charge in [-0.25, -0.2) is 0 Å². The largest absolute Gasteiger partial charge is 0.374 e. The van der Waals surface area contributed by atoms with Gasteiger partial charge in [0.05, 0.1) is 6.67 Å². The van der Waals surface area contributed by atoms with E-state index in [-0.39, 0.29) is 10.8 Å². The van der Waals surface area contributed by atoms with Gasteiger partial charge in [-0.1, -0.05) is 54.4 Å². The fourth-order valence-corrected chi connectivity index (χ4v) is 2.46. The van der Waals surface area contributed by atoms with Crippen molar-refractivity contribution < 1.29 is 10.2 Å². The molecule has 0 aromatic rings. The summed E-state index contributed by atoms with van der Waals surface area (Å²) in [4.78, 5) is 0. The van der Waals surface area contributed by atoms with Gasteiger partial charge in [-0.3, -0.25) is 0 Å². The Morgan fingerprint density at radius 1 is 0.800 bits per heavy atom. The zero-order valence-corrected chi connectivity index (χ0v) is 18.0. The molecule has 2 atom stereocenters. The Balaban J connectivity index is 4.02. The quantitative estimate of drug-likeness (QED) is 0.249. The predicted octanol–water partition coefficient (Wildman–Crippen LogP) is 2.16. The molecule has 0 radical (unpaired) electrons. The molecule has 148 valence electrons. The van der Waals surface area contributed by atoms with Crippen LogP contribution in [-0.4, -0.2) is 39.6 Å². The van der Waals surface area contributed by atoms with Crippen molar-refractivity contribution in [3.63, 3.8) is 0 Å². The van der Waals surface area contributed by atoms with E-state index in [1.807, 2.05) is 0 Å². The number of thiocarbonyl (C=S) groups is 2. The maximum absolute atomic E-state index is 10.0. The van der Waals surface area contributed by atoms with E-state index >= 15 is 0 Å². The molecule has 0 rings (SSSR count). The van der Waals surface area contributed by atoms with Crippen molar-refractivity contribution in [1.29, 1.82) is 0 Å². The highest BCUT2D eigenvalue weighted by atomic mass is 32.1. The number of hydrogen-bond donors (Lipinski definition) is 6. The van der Waals surface area contributed by atoms with Gasteiger partial charge in [-0.05, 0) is 48.1 Å². The van der Waals surface area contributed by atoms with Crippen LogP contribution in [0.15, 0.2) is 0 Å². The minimum Gasteiger partial charge on any atom is -0.374 e. The molecule has 0 amide bonds. The molecule has 0 aliphatic rings. The van der Waals surface area contributed by atoms with Crippen molar-refractivity contribution in [3.8, 4) is 0 Å². The third-order valence-electron chi connectivity index (χ3n) is 4.50. The number of nitrogens with one attached hydrogen (secondary N) is 4. The third kappa shape index (κ3) is 12.3. The molecule has 0 spiro atoms. The summed E-state index contributed by atoms with van der Waals surface area (Å²) in [6, 6.07) is 0. The van der Waals surface area contributed by atoms with Crippen LogP contribution in [0.25, 0.3) is 0 Å². The Morgan fingerprint density at radius 2 is 1.12 bits per heavy atom. The van der Waals surface area contributed by atoms with Gasteiger partial charge in [0, 0.05) is 0 Å². The van der Waals surface area contributed by atoms with Crippen molar-refractivity contribution in [2.75, 3.05) is 6.67 Å². The molecule has 6 nitrogen and oxygen atoms in total. The zero-order valence-electron chi connectivity index (χ0n) is 16.4. The van der Waals surface area contributed by atoms with E-state index in [4.69, 9.17) is 24.4 Å². The average molecular weight is 393 g/mol. The number of hydrogen-bond acceptors (Lipinski definition) is 4. The summed E-state index contributed by atoms with van der Waals surface area (Å²) in [5.41, 5.74) is 0.0995. The highest BCUT2D eigenvalue weighted by Crippen LogP contribution is 2.26. The molecule has 0 aliphatic carbocycles. The Morgan fingerprint density at radius 3 is 1.40 bits per heavy atom. The lowest BCUT2D eigenvalue weighted by molar-refractivity contribution is 0.0992. The summed E-state index contributed by atoms with van der Waals surface area (Å²) in [5.74, 6) is 0. The first-order valence-corrected chi connectivity index (χ1v) is 9.67. The molecular weight excluding hydrogens is 356 g/mol. The van der Waals surface area contributed by atoms with E-state index in [9.17, 15) is 10.2 Å². The summed E-state index contributed by atoms with van der Waals surface area (Å²) >= 11 is 10.3. The normalized spacial score (nSPS) is 14.4. The van der Waals surface area contributed by atoms with Crippen LogP contribution in [0.1, 0.15) is 67.2 Å². The topological polar surface area (TPSA) is 88.6 Å². The van der Waals surface area contributed by atoms with E-state index in [2.05, 4.69) is 62.8 Å². The highest BCUT2D eigenvalue weighted by molar-refractivity contribution is 7.80. The van der Waals surface area contributed by atoms with Crippen LogP contribution in [0.5, 0.6) is 0 Å². The highest BCUT2D eigenvalue weighted by Gasteiger charge is 2.21. The molecule has 25 heavy (non-hydrogen) atoms. The molecule has 0 bridgehead atoms. The van der Waals surface area contributed by atoms with E-state index in [1.165, 1.54) is 0 Å². The van der Waals surface area contributed by atoms with Crippen molar-refractivity contribution in [2.24, 2.45) is 10.8 Å². The van der Waals surface area contributed by atoms with Crippen LogP contribution in [0.2, 0.25) is 0 Å². The average Bonchev–Trinajstić information content (AvgIpc) is 2.45. The first-order valence-electron chi connectivity index (χ1n) is 8.85. The van der Waals surface area contributed by atoms with Gasteiger partial charge in [0.1, 0.15) is 12.5 Å². The molecule has 0 heterocycles. The van der Waals surface area contributed by atoms with Crippen LogP contribution < -0.4 is 21.3 Å². The lowest BCUT2D eigenvalue weighted by Crippen LogP contribution is -2.50. The molecule has 0 aliphatic heterocycles. The summed E-state index contributed by atoms with van der Waals surface area (Å²) < 4.78 is 0. The van der Waals surface area contributed by atoms with Crippen molar-refractivity contribution >= 4 is 34.7 Å². The van der Waals surface area contributed by atoms with Crippen molar-refractivity contribution in [1.82, 2.24) is 21.3 Å². The first kappa shape index (κ1) is 24.3. The Kier molecular flexibility index (Phi) is 10.8. The van der Waals surface area contributed by atoms with E-state index in [0.717, 1.165) is 12.8 Å². The summed E-state index contributed by atoms with van der Waals surface area (Å²) in [5, 5.41) is 32.3. The number of rotatable bonds is 10. The van der Waals surface area contributed by atoms with Crippen LogP contribution in [0.3, 0.4) is 0 Å². The summed E-state index contributed by atoms with van der Waals surface area (Å²) in [6.45, 7) is 12.9. The lowest BCUT2D eigenvalue weighted by atomic mass is 9.86. The fourth-order valence-electron chi connectivity index (χ4n) is 2.05. The minimum absolute atomic E-state index is 0.0498. The van der Waals surface area contributed by atoms with E-state index < -0.39 is 12.5 Å². The number of aliphatic hydroxyl groups excluding tert-OH is 2. The summed E-state index contributed by atoms with van der Waals surface area (Å²) in [6.07, 6.45) is 1.78. The Bertz CT molecular complexity index is 393. The van der Waals surface area contributed by atoms with E-state index in [0.29, 0.717) is 29.7 Å². The molecule has 6 N–H and O–H groups in total. The molecule has 2 unspecified atom stereocenters. The third-order valence-corrected chi connectivity index (χ3v) is 5.02. The second kappa shape index (κ2) is 11.1. The molecule has 0 saturated carbocycles. The van der Waals surface area contributed by atoms with Gasteiger partial charge in [0.2, 0.25) is 0 Å². The monoisotopic (exact) mass is 392 g/mol. The van der Waals surface area contributed by atoms with Crippen molar-refractivity contribution in [2.45, 2.75) is 79.7 Å². The van der Waals surface area contributed by atoms with Crippen molar-refractivity contribution in [3.05, 3.63) is 0 Å². The second-order valence-corrected chi connectivity index (χ2v) is 8.77. The Hall–Kier alpha value is -0.700. The smallest absolute Gasteiger partial charge is 0.169 e. The maximum atomic E-state index is 10.0. The predicted molar refractivity (Wildman–Crippen MR) is 112 cm³/mol. The standard InChI is InChI=1S/C17H36N4O2S2/c1-7-16(3,4)9-12(22)20-14(24)18-11-19-15(25)21-13(23)10-17(5,6)8-2/h12-13,22-23H,7-11H2,1-6H3,(H2,18,20,24)(H2,19,21,25). The maximum Gasteiger partial charge on any atom is 0.169 e. The van der Waals surface area contributed by atoms with Gasteiger partial charge >= 0.3 is 0 Å². The minimum atomic E-state index is -0.696. The van der Waals surface area contributed by atoms with Crippen LogP contribution in [0.4, 0.5) is 0 Å². The van der Waals surface area contributed by atoms with Crippen LogP contribution in [0, 0.1) is 10.8 Å². The van der Waals surface area contributed by atoms with Gasteiger partial charge < -0.3 is 31.5 Å². The molecule has 8 heteroatoms. The first-order chi connectivity index (χ1) is 11.4. The Labute approximate surface area is 163 Å². The van der Waals surface area contributed by atoms with Gasteiger partial charge in [-0.15, -0.1) is 0 Å². The molecule has 0 aromatic heterocycles. The number of aliphatic hydroxyl groups is 2. The molecular formula is C17H36N4O2S2.